The van der Waals surface area contributed by atoms with Gasteiger partial charge in [0.2, 0.25) is 23.4 Å². The van der Waals surface area contributed by atoms with Gasteiger partial charge in [0.25, 0.3) is 0 Å². The Kier molecular flexibility index (Phi) is 10.8. The Hall–Kier alpha value is -2.85. The average Bonchev–Trinajstić information content (AvgIpc) is 3.31. The first-order valence-electron chi connectivity index (χ1n) is 11.9. The van der Waals surface area contributed by atoms with Crippen molar-refractivity contribution in [3.63, 3.8) is 0 Å². The van der Waals surface area contributed by atoms with Crippen LogP contribution in [-0.2, 0) is 20.8 Å². The van der Waals surface area contributed by atoms with Crippen molar-refractivity contribution in [2.75, 3.05) is 5.32 Å². The molecule has 0 spiro atoms. The van der Waals surface area contributed by atoms with Gasteiger partial charge in [-0.2, -0.15) is 0 Å². The van der Waals surface area contributed by atoms with E-state index in [1.165, 1.54) is 16.8 Å². The quantitative estimate of drug-likeness (QED) is 0.216. The maximum atomic E-state index is 13.7. The third-order valence-corrected chi connectivity index (χ3v) is 6.53. The first kappa shape index (κ1) is 28.4. The number of carbonyl (C=O) groups excluding carboxylic acids is 3. The van der Waals surface area contributed by atoms with Crippen LogP contribution in [0.4, 0.5) is 5.13 Å². The van der Waals surface area contributed by atoms with Crippen LogP contribution in [0.3, 0.4) is 0 Å². The fraction of sp³-hybridized carbons (Fsp3) is 0.560. The van der Waals surface area contributed by atoms with E-state index in [2.05, 4.69) is 20.8 Å². The molecule has 2 rings (SSSR count). The molecule has 3 N–H and O–H groups in total. The van der Waals surface area contributed by atoms with Crippen molar-refractivity contribution in [2.45, 2.75) is 72.4 Å². The van der Waals surface area contributed by atoms with Crippen molar-refractivity contribution in [2.24, 2.45) is 17.3 Å². The summed E-state index contributed by atoms with van der Waals surface area (Å²) in [7, 11) is 0. The number of amides is 3. The number of nitrogens with one attached hydrogen (secondary N) is 2. The van der Waals surface area contributed by atoms with Gasteiger partial charge in [0.05, 0.1) is 12.0 Å². The Morgan fingerprint density at radius 3 is 2.43 bits per heavy atom. The minimum Gasteiger partial charge on any atom is -0.343 e. The van der Waals surface area contributed by atoms with Crippen molar-refractivity contribution in [1.29, 1.82) is 0 Å². The van der Waals surface area contributed by atoms with Gasteiger partial charge in [0.15, 0.2) is 0 Å². The van der Waals surface area contributed by atoms with Crippen molar-refractivity contribution in [1.82, 2.24) is 20.6 Å². The molecule has 0 saturated carbocycles. The zero-order valence-corrected chi connectivity index (χ0v) is 21.9. The highest BCUT2D eigenvalue weighted by Crippen LogP contribution is 2.27. The molecule has 2 aromatic rings. The zero-order chi connectivity index (χ0) is 26.0. The van der Waals surface area contributed by atoms with Gasteiger partial charge in [0, 0.05) is 0 Å². The zero-order valence-electron chi connectivity index (χ0n) is 21.1. The summed E-state index contributed by atoms with van der Waals surface area (Å²) in [6, 6.07) is 8.39. The summed E-state index contributed by atoms with van der Waals surface area (Å²) < 4.78 is 0. The largest absolute Gasteiger partial charge is 0.343 e. The van der Waals surface area contributed by atoms with Crippen molar-refractivity contribution < 1.29 is 19.6 Å². The number of carbonyl (C=O) groups is 3. The number of aromatic nitrogens is 2. The highest BCUT2D eigenvalue weighted by molar-refractivity contribution is 7.13. The number of hydroxylamine groups is 2. The van der Waals surface area contributed by atoms with Gasteiger partial charge in [0.1, 0.15) is 11.6 Å². The minimum absolute atomic E-state index is 0.0934. The van der Waals surface area contributed by atoms with Crippen LogP contribution < -0.4 is 10.6 Å². The molecule has 4 atom stereocenters. The van der Waals surface area contributed by atoms with Crippen LogP contribution in [0.15, 0.2) is 35.8 Å². The number of rotatable bonds is 13. The van der Waals surface area contributed by atoms with E-state index in [4.69, 9.17) is 0 Å². The molecule has 0 bridgehead atoms. The smallest absolute Gasteiger partial charge is 0.249 e. The highest BCUT2D eigenvalue weighted by Gasteiger charge is 2.38. The van der Waals surface area contributed by atoms with E-state index in [9.17, 15) is 19.6 Å². The summed E-state index contributed by atoms with van der Waals surface area (Å²) in [6.45, 7) is 9.55. The van der Waals surface area contributed by atoms with Crippen LogP contribution >= 0.6 is 11.3 Å². The lowest BCUT2D eigenvalue weighted by molar-refractivity contribution is -0.169. The molecule has 0 saturated heterocycles. The molecule has 9 nitrogen and oxygen atoms in total. The maximum absolute atomic E-state index is 13.7. The Morgan fingerprint density at radius 1 is 1.20 bits per heavy atom. The number of nitrogens with zero attached hydrogens (tertiary/aromatic N) is 3. The Bertz CT molecular complexity index is 933. The molecular weight excluding hydrogens is 466 g/mol. The van der Waals surface area contributed by atoms with Gasteiger partial charge >= 0.3 is 0 Å². The van der Waals surface area contributed by atoms with E-state index in [0.29, 0.717) is 35.9 Å². The van der Waals surface area contributed by atoms with Crippen molar-refractivity contribution in [3.05, 3.63) is 41.4 Å². The van der Waals surface area contributed by atoms with Gasteiger partial charge in [-0.1, -0.05) is 82.7 Å². The molecule has 1 heterocycles. The lowest BCUT2D eigenvalue weighted by Gasteiger charge is -2.35. The normalized spacial score (nSPS) is 14.9. The van der Waals surface area contributed by atoms with Crippen LogP contribution in [0.2, 0.25) is 0 Å². The topological polar surface area (TPSA) is 125 Å². The van der Waals surface area contributed by atoms with Crippen LogP contribution in [0.5, 0.6) is 0 Å². The van der Waals surface area contributed by atoms with E-state index < -0.39 is 29.3 Å². The van der Waals surface area contributed by atoms with Gasteiger partial charge in [-0.25, -0.2) is 5.06 Å². The summed E-state index contributed by atoms with van der Waals surface area (Å²) in [5.41, 5.74) is 2.05. The molecule has 0 aliphatic carbocycles. The lowest BCUT2D eigenvalue weighted by Crippen LogP contribution is -2.55. The van der Waals surface area contributed by atoms with Crippen molar-refractivity contribution >= 4 is 34.7 Å². The second kappa shape index (κ2) is 13.3. The second-order valence-electron chi connectivity index (χ2n) is 10.0. The molecule has 0 radical (unpaired) electrons. The molecule has 1 aromatic heterocycles. The molecular formula is C25H37N5O4S. The summed E-state index contributed by atoms with van der Waals surface area (Å²) in [5.74, 6) is -1.39. The van der Waals surface area contributed by atoms with Gasteiger partial charge in [-0.15, -0.1) is 10.2 Å². The minimum atomic E-state index is -0.864. The first-order valence-corrected chi connectivity index (χ1v) is 12.8. The summed E-state index contributed by atoms with van der Waals surface area (Å²) >= 11 is 1.19. The van der Waals surface area contributed by atoms with Crippen LogP contribution in [-0.4, -0.2) is 50.8 Å². The standard InChI is InChI=1S/C25H37N5O4S/c1-6-10-20(30(34)16-31)19(14-17(2)13-18-11-8-7-9-12-18)22(32)27-21(25(3,4)5)23(33)28-24-29-26-15-35-24/h7-9,11-12,15-17,19-21,34H,6,10,13-14H2,1-5H3,(H,27,32)(H,28,29,33)/t17?,19-,20+,21-/m1/s1. The first-order chi connectivity index (χ1) is 16.6. The number of anilines is 1. The van der Waals surface area contributed by atoms with E-state index in [-0.39, 0.29) is 11.8 Å². The van der Waals surface area contributed by atoms with Gasteiger partial charge < -0.3 is 5.32 Å². The van der Waals surface area contributed by atoms with Crippen LogP contribution in [0, 0.1) is 17.3 Å². The number of hydrogen-bond acceptors (Lipinski definition) is 7. The van der Waals surface area contributed by atoms with Gasteiger partial charge in [-0.05, 0) is 36.2 Å². The molecule has 0 fully saturated rings. The second-order valence-corrected chi connectivity index (χ2v) is 10.9. The number of hydrogen-bond donors (Lipinski definition) is 3. The fourth-order valence-electron chi connectivity index (χ4n) is 4.19. The Labute approximate surface area is 211 Å². The molecule has 35 heavy (non-hydrogen) atoms. The lowest BCUT2D eigenvalue weighted by atomic mass is 9.82. The summed E-state index contributed by atoms with van der Waals surface area (Å²) in [4.78, 5) is 38.2. The molecule has 1 unspecified atom stereocenters. The fourth-order valence-corrected chi connectivity index (χ4v) is 4.64. The third-order valence-electron chi connectivity index (χ3n) is 5.92. The predicted octanol–water partition coefficient (Wildman–Crippen LogP) is 3.91. The number of benzene rings is 1. The Balaban J connectivity index is 2.28. The van der Waals surface area contributed by atoms with E-state index in [0.717, 1.165) is 12.0 Å². The monoisotopic (exact) mass is 503 g/mol. The maximum Gasteiger partial charge on any atom is 0.249 e. The van der Waals surface area contributed by atoms with Gasteiger partial charge in [-0.3, -0.25) is 24.9 Å². The molecule has 10 heteroatoms. The molecule has 0 aliphatic heterocycles. The molecule has 3 amide bonds. The SMILES string of the molecule is CCC[C@@H]([C@@H](CC(C)Cc1ccccc1)C(=O)N[C@H](C(=O)Nc1nncs1)C(C)(C)C)N(O)C=O. The summed E-state index contributed by atoms with van der Waals surface area (Å²) in [5, 5.41) is 24.5. The summed E-state index contributed by atoms with van der Waals surface area (Å²) in [6.07, 6.45) is 2.64. The third kappa shape index (κ3) is 8.70. The Morgan fingerprint density at radius 2 is 1.89 bits per heavy atom. The molecule has 1 aromatic carbocycles. The molecule has 192 valence electrons. The van der Waals surface area contributed by atoms with Crippen LogP contribution in [0.1, 0.15) is 59.4 Å². The molecule has 0 aliphatic rings. The van der Waals surface area contributed by atoms with Crippen LogP contribution in [0.25, 0.3) is 0 Å². The van der Waals surface area contributed by atoms with Crippen molar-refractivity contribution in [3.8, 4) is 0 Å². The van der Waals surface area contributed by atoms with E-state index in [1.807, 2.05) is 65.0 Å². The predicted molar refractivity (Wildman–Crippen MR) is 136 cm³/mol. The average molecular weight is 504 g/mol. The highest BCUT2D eigenvalue weighted by atomic mass is 32.1. The van der Waals surface area contributed by atoms with E-state index >= 15 is 0 Å². The van der Waals surface area contributed by atoms with E-state index in [1.54, 1.807) is 0 Å².